The van der Waals surface area contributed by atoms with E-state index in [4.69, 9.17) is 19.2 Å². The summed E-state index contributed by atoms with van der Waals surface area (Å²) in [6.07, 6.45) is 0. The third-order valence-corrected chi connectivity index (χ3v) is 0. The first-order chi connectivity index (χ1) is 2.00. The zero-order valence-corrected chi connectivity index (χ0v) is 5.35. The average molecular weight is 230 g/mol. The molecule has 38 valence electrons. The van der Waals surface area contributed by atoms with Crippen LogP contribution in [0.3, 0.4) is 0 Å². The Morgan fingerprint density at radius 1 is 0.857 bits per heavy atom. The Balaban J connectivity index is -0.0000000800. The molecule has 0 rings (SSSR count). The molecule has 0 aromatic carbocycles. The van der Waals surface area contributed by atoms with Gasteiger partial charge >= 0.3 is 67.2 Å². The fourth-order valence-electron chi connectivity index (χ4n) is 0. The molecule has 0 aromatic rings. The maximum Gasteiger partial charge on any atom is 0 e. The maximum atomic E-state index is 7.33. The summed E-state index contributed by atoms with van der Waals surface area (Å²) in [5.41, 5.74) is 0. The Hall–Kier alpha value is 2.58. The van der Waals surface area contributed by atoms with Gasteiger partial charge in [0.15, 0.2) is 0 Å². The predicted octanol–water partition coefficient (Wildman–Crippen LogP) is -3.26. The van der Waals surface area contributed by atoms with Gasteiger partial charge < -0.3 is 19.2 Å². The molecule has 0 fully saturated rings. The first kappa shape index (κ1) is 16.3. The Kier molecular flexibility index (Phi) is 15.6. The quantitative estimate of drug-likeness (QED) is 0.329. The van der Waals surface area contributed by atoms with Crippen molar-refractivity contribution in [3.05, 3.63) is 0 Å². The van der Waals surface area contributed by atoms with E-state index in [0.717, 1.165) is 0 Å². The van der Waals surface area contributed by atoms with Crippen LogP contribution in [0.5, 0.6) is 0 Å². The zero-order valence-electron chi connectivity index (χ0n) is 2.79. The van der Waals surface area contributed by atoms with Crippen molar-refractivity contribution in [3.8, 4) is 0 Å². The van der Waals surface area contributed by atoms with Crippen molar-refractivity contribution in [3.63, 3.8) is 0 Å². The summed E-state index contributed by atoms with van der Waals surface area (Å²) < 4.78 is 0. The van der Waals surface area contributed by atoms with Crippen molar-refractivity contribution in [1.29, 1.82) is 0 Å². The van der Waals surface area contributed by atoms with Gasteiger partial charge in [0.2, 0.25) is 0 Å². The minimum absolute atomic E-state index is 0. The molecule has 7 heavy (non-hydrogen) atoms. The van der Waals surface area contributed by atoms with Gasteiger partial charge in [-0.05, 0) is 0 Å². The van der Waals surface area contributed by atoms with Crippen LogP contribution in [0.25, 0.3) is 0 Å². The first-order valence-electron chi connectivity index (χ1n) is 0.894. The molecule has 4 N–H and O–H groups in total. The third kappa shape index (κ3) is 55.9. The SMILES string of the molecule is O[Si](O)(O)O.[RbH].[Ti]. The van der Waals surface area contributed by atoms with Crippen molar-refractivity contribution in [2.75, 3.05) is 0 Å². The van der Waals surface area contributed by atoms with Gasteiger partial charge in [0.05, 0.1) is 0 Å². The van der Waals surface area contributed by atoms with E-state index in [1.807, 2.05) is 0 Å². The average Bonchev–Trinajstić information content (AvgIpc) is 0.722. The van der Waals surface area contributed by atoms with Crippen LogP contribution in [0.2, 0.25) is 0 Å². The molecule has 0 heterocycles. The van der Waals surface area contributed by atoms with Crippen LogP contribution in [0.1, 0.15) is 0 Å². The summed E-state index contributed by atoms with van der Waals surface area (Å²) in [5.74, 6) is 0. The molecule has 0 aliphatic carbocycles. The van der Waals surface area contributed by atoms with E-state index >= 15 is 0 Å². The van der Waals surface area contributed by atoms with E-state index < -0.39 is 9.05 Å². The van der Waals surface area contributed by atoms with E-state index in [0.29, 0.717) is 0 Å². The summed E-state index contributed by atoms with van der Waals surface area (Å²) in [6.45, 7) is 0. The molecule has 4 nitrogen and oxygen atoms in total. The third-order valence-electron chi connectivity index (χ3n) is 0. The molecule has 0 saturated heterocycles. The second kappa shape index (κ2) is 6.69. The molecule has 7 heteroatoms. The number of rotatable bonds is 0. The fourth-order valence-corrected chi connectivity index (χ4v) is 0. The molecule has 0 amide bonds. The van der Waals surface area contributed by atoms with Crippen molar-refractivity contribution < 1.29 is 40.9 Å². The van der Waals surface area contributed by atoms with E-state index in [1.54, 1.807) is 0 Å². The number of hydrogen-bond acceptors (Lipinski definition) is 4. The zero-order chi connectivity index (χ0) is 4.50. The van der Waals surface area contributed by atoms with Crippen LogP contribution in [0, 0.1) is 0 Å². The van der Waals surface area contributed by atoms with Crippen LogP contribution in [-0.2, 0) is 21.7 Å². The fraction of sp³-hybridized carbons (Fsp3) is 0. The van der Waals surface area contributed by atoms with E-state index in [2.05, 4.69) is 0 Å². The predicted molar refractivity (Wildman–Crippen MR) is 21.8 cm³/mol. The van der Waals surface area contributed by atoms with Gasteiger partial charge in [0.1, 0.15) is 0 Å². The molecule has 0 spiro atoms. The van der Waals surface area contributed by atoms with Crippen molar-refractivity contribution in [1.82, 2.24) is 0 Å². The van der Waals surface area contributed by atoms with Gasteiger partial charge in [-0.2, -0.15) is 0 Å². The van der Waals surface area contributed by atoms with Crippen LogP contribution in [0.15, 0.2) is 0 Å². The van der Waals surface area contributed by atoms with E-state index in [-0.39, 0.29) is 79.9 Å². The topological polar surface area (TPSA) is 80.9 Å². The van der Waals surface area contributed by atoms with Crippen LogP contribution in [-0.4, -0.2) is 86.4 Å². The summed E-state index contributed by atoms with van der Waals surface area (Å²) in [4.78, 5) is 29.3. The number of hydrogen-bond donors (Lipinski definition) is 4. The Labute approximate surface area is 106 Å². The Bertz CT molecular complexity index is 27.2. The van der Waals surface area contributed by atoms with Crippen LogP contribution < -0.4 is 0 Å². The van der Waals surface area contributed by atoms with Gasteiger partial charge in [-0.15, -0.1) is 0 Å². The molecular weight excluding hydrogens is 225 g/mol. The van der Waals surface area contributed by atoms with Crippen molar-refractivity contribution >= 4 is 67.2 Å². The summed E-state index contributed by atoms with van der Waals surface area (Å²) in [7, 11) is -4.61. The minimum atomic E-state index is -4.61. The van der Waals surface area contributed by atoms with Crippen molar-refractivity contribution in [2.45, 2.75) is 0 Å². The maximum absolute atomic E-state index is 7.33. The minimum Gasteiger partial charge on any atom is 0 e. The smallest absolute Gasteiger partial charge is 0 e. The second-order valence-electron chi connectivity index (χ2n) is 0.600. The van der Waals surface area contributed by atoms with Gasteiger partial charge in [-0.25, -0.2) is 0 Å². The molecule has 0 aliphatic rings. The van der Waals surface area contributed by atoms with E-state index in [9.17, 15) is 0 Å². The largest absolute Gasteiger partial charge is 0 e. The molecule has 0 aromatic heterocycles. The molecule has 0 atom stereocenters. The normalized spacial score (nSPS) is 8.57. The molecular formula is H5O4RbSiTi. The molecule has 0 saturated carbocycles. The van der Waals surface area contributed by atoms with Gasteiger partial charge in [-0.3, -0.25) is 0 Å². The second-order valence-corrected chi connectivity index (χ2v) is 1.80. The first-order valence-corrected chi connectivity index (χ1v) is 2.68. The van der Waals surface area contributed by atoms with Crippen molar-refractivity contribution in [2.24, 2.45) is 0 Å². The monoisotopic (exact) mass is 230 g/mol. The molecule has 0 aliphatic heterocycles. The van der Waals surface area contributed by atoms with Crippen LogP contribution in [0.4, 0.5) is 0 Å². The van der Waals surface area contributed by atoms with Gasteiger partial charge in [0.25, 0.3) is 0 Å². The van der Waals surface area contributed by atoms with Crippen LogP contribution >= 0.6 is 0 Å². The van der Waals surface area contributed by atoms with Gasteiger partial charge in [-0.1, -0.05) is 0 Å². The standard InChI is InChI=1S/H4O4Si.Rb.Ti.H/c1-5(2,3)4;;;/h1-4H;;;. The Morgan fingerprint density at radius 2 is 0.857 bits per heavy atom. The summed E-state index contributed by atoms with van der Waals surface area (Å²) in [6, 6.07) is 0. The molecule has 0 unspecified atom stereocenters. The summed E-state index contributed by atoms with van der Waals surface area (Å²) >= 11 is 0. The van der Waals surface area contributed by atoms with E-state index in [1.165, 1.54) is 0 Å². The molecule has 0 bridgehead atoms. The van der Waals surface area contributed by atoms with Gasteiger partial charge in [0, 0.05) is 21.7 Å². The Morgan fingerprint density at radius 3 is 0.857 bits per heavy atom. The summed E-state index contributed by atoms with van der Waals surface area (Å²) in [5, 5.41) is 0. The molecule has 0 radical (unpaired) electrons.